The number of carbonyl (C=O) groups is 2. The van der Waals surface area contributed by atoms with Crippen molar-refractivity contribution in [2.75, 3.05) is 6.54 Å². The molecule has 4 rings (SSSR count). The Labute approximate surface area is 183 Å². The van der Waals surface area contributed by atoms with Crippen molar-refractivity contribution in [3.63, 3.8) is 0 Å². The maximum atomic E-state index is 13.3. The van der Waals surface area contributed by atoms with Crippen LogP contribution in [0.15, 0.2) is 47.5 Å². The Hall–Kier alpha value is -2.53. The Kier molecular flexibility index (Phi) is 5.26. The van der Waals surface area contributed by atoms with Gasteiger partial charge in [0.25, 0.3) is 5.91 Å². The molecule has 1 aliphatic heterocycles. The SMILES string of the molecule is Cc1cc(C(=O)CN2C(=O)C(c3ccc(C#N)cc3)=NC23CCCC3)ccc1I. The highest BCUT2D eigenvalue weighted by Gasteiger charge is 2.49. The van der Waals surface area contributed by atoms with Gasteiger partial charge in [0.1, 0.15) is 11.4 Å². The third-order valence-electron chi connectivity index (χ3n) is 5.74. The number of halogens is 1. The van der Waals surface area contributed by atoms with E-state index in [4.69, 9.17) is 10.3 Å². The molecule has 0 aromatic heterocycles. The van der Waals surface area contributed by atoms with E-state index in [2.05, 4.69) is 28.7 Å². The normalized spacial score (nSPS) is 17.5. The first-order chi connectivity index (χ1) is 13.9. The first-order valence-electron chi connectivity index (χ1n) is 9.65. The van der Waals surface area contributed by atoms with Gasteiger partial charge in [0.05, 0.1) is 18.2 Å². The fourth-order valence-electron chi connectivity index (χ4n) is 4.12. The van der Waals surface area contributed by atoms with E-state index in [1.807, 2.05) is 25.1 Å². The first-order valence-corrected chi connectivity index (χ1v) is 10.7. The van der Waals surface area contributed by atoms with Crippen LogP contribution in [0.3, 0.4) is 0 Å². The number of benzene rings is 2. The van der Waals surface area contributed by atoms with E-state index >= 15 is 0 Å². The Morgan fingerprint density at radius 3 is 2.52 bits per heavy atom. The number of nitrogens with zero attached hydrogens (tertiary/aromatic N) is 3. The van der Waals surface area contributed by atoms with Gasteiger partial charge in [-0.25, -0.2) is 0 Å². The average Bonchev–Trinajstić information content (AvgIpc) is 3.30. The molecule has 1 spiro atoms. The molecular weight excluding hydrogens is 477 g/mol. The predicted octanol–water partition coefficient (Wildman–Crippen LogP) is 4.26. The highest BCUT2D eigenvalue weighted by molar-refractivity contribution is 14.1. The molecule has 0 saturated heterocycles. The van der Waals surface area contributed by atoms with Crippen LogP contribution in [-0.4, -0.2) is 34.5 Å². The van der Waals surface area contributed by atoms with E-state index in [-0.39, 0.29) is 18.2 Å². The number of hydrogen-bond acceptors (Lipinski definition) is 4. The van der Waals surface area contributed by atoms with Crippen LogP contribution in [0.2, 0.25) is 0 Å². The Bertz CT molecular complexity index is 1060. The summed E-state index contributed by atoms with van der Waals surface area (Å²) in [5, 5.41) is 9.01. The molecular formula is C23H20IN3O2. The van der Waals surface area contributed by atoms with Crippen LogP contribution in [-0.2, 0) is 4.79 Å². The molecule has 1 saturated carbocycles. The van der Waals surface area contributed by atoms with Crippen molar-refractivity contribution < 1.29 is 9.59 Å². The summed E-state index contributed by atoms with van der Waals surface area (Å²) in [6.07, 6.45) is 3.53. The van der Waals surface area contributed by atoms with E-state index in [1.54, 1.807) is 29.2 Å². The fourth-order valence-corrected chi connectivity index (χ4v) is 4.45. The maximum Gasteiger partial charge on any atom is 0.275 e. The van der Waals surface area contributed by atoms with Gasteiger partial charge in [-0.1, -0.05) is 18.2 Å². The smallest absolute Gasteiger partial charge is 0.275 e. The van der Waals surface area contributed by atoms with Gasteiger partial charge in [-0.05, 0) is 85.0 Å². The zero-order valence-corrected chi connectivity index (χ0v) is 18.3. The summed E-state index contributed by atoms with van der Waals surface area (Å²) >= 11 is 2.24. The van der Waals surface area contributed by atoms with Crippen LogP contribution in [0, 0.1) is 21.8 Å². The number of nitriles is 1. The molecule has 146 valence electrons. The van der Waals surface area contributed by atoms with Crippen LogP contribution >= 0.6 is 22.6 Å². The van der Waals surface area contributed by atoms with E-state index in [0.29, 0.717) is 22.4 Å². The molecule has 0 atom stereocenters. The van der Waals surface area contributed by atoms with Gasteiger partial charge < -0.3 is 4.90 Å². The fraction of sp³-hybridized carbons (Fsp3) is 0.304. The molecule has 1 fully saturated rings. The van der Waals surface area contributed by atoms with E-state index in [9.17, 15) is 9.59 Å². The molecule has 1 aliphatic carbocycles. The summed E-state index contributed by atoms with van der Waals surface area (Å²) in [6, 6.07) is 14.6. The van der Waals surface area contributed by atoms with Crippen LogP contribution in [0.25, 0.3) is 0 Å². The van der Waals surface area contributed by atoms with Gasteiger partial charge in [0.2, 0.25) is 0 Å². The highest BCUT2D eigenvalue weighted by atomic mass is 127. The molecule has 2 aromatic carbocycles. The molecule has 0 N–H and O–H groups in total. The Morgan fingerprint density at radius 2 is 1.90 bits per heavy atom. The number of amides is 1. The third kappa shape index (κ3) is 3.60. The average molecular weight is 497 g/mol. The minimum atomic E-state index is -0.617. The zero-order chi connectivity index (χ0) is 20.6. The lowest BCUT2D eigenvalue weighted by Gasteiger charge is -2.32. The number of Topliss-reactive ketones (excluding diaryl/α,β-unsaturated/α-hetero) is 1. The second kappa shape index (κ2) is 7.71. The minimum absolute atomic E-state index is 0.0299. The molecule has 0 radical (unpaired) electrons. The van der Waals surface area contributed by atoms with E-state index in [0.717, 1.165) is 34.8 Å². The van der Waals surface area contributed by atoms with Crippen molar-refractivity contribution in [2.45, 2.75) is 38.3 Å². The number of hydrogen-bond donors (Lipinski definition) is 0. The van der Waals surface area contributed by atoms with Crippen molar-refractivity contribution in [1.82, 2.24) is 4.90 Å². The molecule has 5 nitrogen and oxygen atoms in total. The zero-order valence-electron chi connectivity index (χ0n) is 16.1. The predicted molar refractivity (Wildman–Crippen MR) is 119 cm³/mol. The van der Waals surface area contributed by atoms with Crippen LogP contribution in [0.5, 0.6) is 0 Å². The summed E-state index contributed by atoms with van der Waals surface area (Å²) in [6.45, 7) is 2.01. The van der Waals surface area contributed by atoms with Gasteiger partial charge in [-0.3, -0.25) is 14.6 Å². The Balaban J connectivity index is 1.64. The summed E-state index contributed by atoms with van der Waals surface area (Å²) in [4.78, 5) is 32.8. The molecule has 29 heavy (non-hydrogen) atoms. The topological polar surface area (TPSA) is 73.5 Å². The van der Waals surface area contributed by atoms with Gasteiger partial charge >= 0.3 is 0 Å². The molecule has 1 amide bonds. The van der Waals surface area contributed by atoms with E-state index < -0.39 is 5.66 Å². The van der Waals surface area contributed by atoms with Crippen LogP contribution in [0.4, 0.5) is 0 Å². The number of aliphatic imine (C=N–C) groups is 1. The monoisotopic (exact) mass is 497 g/mol. The minimum Gasteiger partial charge on any atom is -0.305 e. The standard InChI is InChI=1S/C23H20IN3O2/c1-15-12-18(8-9-19(15)24)20(28)14-27-22(29)21(26-23(27)10-2-3-11-23)17-6-4-16(13-25)5-7-17/h4-9,12H,2-3,10-11,14H2,1H3. The van der Waals surface area contributed by atoms with Crippen LogP contribution in [0.1, 0.15) is 52.7 Å². The van der Waals surface area contributed by atoms with Gasteiger partial charge in [0, 0.05) is 14.7 Å². The molecule has 0 unspecified atom stereocenters. The lowest BCUT2D eigenvalue weighted by Crippen LogP contribution is -2.47. The summed E-state index contributed by atoms with van der Waals surface area (Å²) in [5.41, 5.74) is 2.68. The number of carbonyl (C=O) groups excluding carboxylic acids is 2. The number of aryl methyl sites for hydroxylation is 1. The lowest BCUT2D eigenvalue weighted by atomic mass is 10.0. The van der Waals surface area contributed by atoms with Crippen LogP contribution < -0.4 is 0 Å². The Morgan fingerprint density at radius 1 is 1.21 bits per heavy atom. The number of ketones is 1. The van der Waals surface area contributed by atoms with Gasteiger partial charge in [0.15, 0.2) is 5.78 Å². The molecule has 6 heteroatoms. The van der Waals surface area contributed by atoms with Crippen molar-refractivity contribution in [3.05, 3.63) is 68.3 Å². The number of rotatable bonds is 4. The highest BCUT2D eigenvalue weighted by Crippen LogP contribution is 2.41. The molecule has 2 aliphatic rings. The second-order valence-corrected chi connectivity index (χ2v) is 8.78. The quantitative estimate of drug-likeness (QED) is 0.468. The summed E-state index contributed by atoms with van der Waals surface area (Å²) in [5.74, 6) is -0.271. The largest absolute Gasteiger partial charge is 0.305 e. The molecule has 2 aromatic rings. The third-order valence-corrected chi connectivity index (χ3v) is 6.95. The maximum absolute atomic E-state index is 13.3. The van der Waals surface area contributed by atoms with Crippen molar-refractivity contribution in [2.24, 2.45) is 4.99 Å². The summed E-state index contributed by atoms with van der Waals surface area (Å²) in [7, 11) is 0. The van der Waals surface area contributed by atoms with Crippen molar-refractivity contribution >= 4 is 40.0 Å². The van der Waals surface area contributed by atoms with Gasteiger partial charge in [-0.2, -0.15) is 5.26 Å². The van der Waals surface area contributed by atoms with Crippen molar-refractivity contribution in [3.8, 4) is 6.07 Å². The lowest BCUT2D eigenvalue weighted by molar-refractivity contribution is -0.127. The summed E-state index contributed by atoms with van der Waals surface area (Å²) < 4.78 is 1.11. The molecule has 1 heterocycles. The first kappa shape index (κ1) is 19.8. The van der Waals surface area contributed by atoms with Crippen molar-refractivity contribution in [1.29, 1.82) is 5.26 Å². The molecule has 0 bridgehead atoms. The van der Waals surface area contributed by atoms with E-state index in [1.165, 1.54) is 0 Å². The van der Waals surface area contributed by atoms with Gasteiger partial charge in [-0.15, -0.1) is 0 Å². The second-order valence-electron chi connectivity index (χ2n) is 7.62.